The first-order valence-corrected chi connectivity index (χ1v) is 5.83. The van der Waals surface area contributed by atoms with Crippen molar-refractivity contribution in [3.63, 3.8) is 0 Å². The normalized spacial score (nSPS) is 10.6. The van der Waals surface area contributed by atoms with Gasteiger partial charge in [0.05, 0.1) is 5.69 Å². The van der Waals surface area contributed by atoms with Crippen molar-refractivity contribution in [1.82, 2.24) is 10.2 Å². The van der Waals surface area contributed by atoms with E-state index in [-0.39, 0.29) is 0 Å². The van der Waals surface area contributed by atoms with Gasteiger partial charge in [-0.1, -0.05) is 38.1 Å². The number of anilines is 1. The smallest absolute Gasteiger partial charge is 0.148 e. The van der Waals surface area contributed by atoms with Crippen LogP contribution in [0.15, 0.2) is 36.4 Å². The highest BCUT2D eigenvalue weighted by molar-refractivity contribution is 5.64. The summed E-state index contributed by atoms with van der Waals surface area (Å²) in [4.78, 5) is 0. The first-order chi connectivity index (χ1) is 8.22. The molecule has 1 N–H and O–H groups in total. The van der Waals surface area contributed by atoms with Gasteiger partial charge in [-0.25, -0.2) is 0 Å². The Labute approximate surface area is 102 Å². The van der Waals surface area contributed by atoms with Crippen LogP contribution in [-0.4, -0.2) is 17.2 Å². The lowest BCUT2D eigenvalue weighted by Crippen LogP contribution is -1.98. The van der Waals surface area contributed by atoms with Crippen LogP contribution < -0.4 is 5.32 Å². The highest BCUT2D eigenvalue weighted by Gasteiger charge is 2.09. The summed E-state index contributed by atoms with van der Waals surface area (Å²) in [6.45, 7) is 4.38. The minimum absolute atomic E-state index is 0.483. The van der Waals surface area contributed by atoms with Crippen molar-refractivity contribution >= 4 is 5.82 Å². The monoisotopic (exact) mass is 227 g/mol. The van der Waals surface area contributed by atoms with Gasteiger partial charge in [0, 0.05) is 12.6 Å². The van der Waals surface area contributed by atoms with Crippen molar-refractivity contribution in [1.29, 1.82) is 0 Å². The Morgan fingerprint density at radius 3 is 2.35 bits per heavy atom. The maximum absolute atomic E-state index is 4.25. The molecule has 0 atom stereocenters. The van der Waals surface area contributed by atoms with E-state index >= 15 is 0 Å². The fraction of sp³-hybridized carbons (Fsp3) is 0.286. The van der Waals surface area contributed by atoms with Gasteiger partial charge in [0.15, 0.2) is 0 Å². The van der Waals surface area contributed by atoms with E-state index in [9.17, 15) is 0 Å². The summed E-state index contributed by atoms with van der Waals surface area (Å²) in [6.07, 6.45) is 0. The van der Waals surface area contributed by atoms with Gasteiger partial charge in [0.25, 0.3) is 0 Å². The summed E-state index contributed by atoms with van der Waals surface area (Å²) < 4.78 is 0. The van der Waals surface area contributed by atoms with Gasteiger partial charge in [-0.2, -0.15) is 0 Å². The maximum atomic E-state index is 4.25. The standard InChI is InChI=1S/C14H17N3/c1-10(2)11-6-4-5-7-12(11)13-8-9-14(15-3)17-16-13/h4-10H,1-3H3,(H,15,17). The summed E-state index contributed by atoms with van der Waals surface area (Å²) in [5.74, 6) is 1.27. The topological polar surface area (TPSA) is 37.8 Å². The predicted octanol–water partition coefficient (Wildman–Crippen LogP) is 3.31. The lowest BCUT2D eigenvalue weighted by molar-refractivity contribution is 0.866. The van der Waals surface area contributed by atoms with Gasteiger partial charge >= 0.3 is 0 Å². The molecule has 0 fully saturated rings. The van der Waals surface area contributed by atoms with Crippen LogP contribution in [0, 0.1) is 0 Å². The fourth-order valence-electron chi connectivity index (χ4n) is 1.84. The van der Waals surface area contributed by atoms with Crippen molar-refractivity contribution in [3.8, 4) is 11.3 Å². The van der Waals surface area contributed by atoms with E-state index in [0.717, 1.165) is 17.1 Å². The number of nitrogens with zero attached hydrogens (tertiary/aromatic N) is 2. The van der Waals surface area contributed by atoms with Gasteiger partial charge in [0.2, 0.25) is 0 Å². The number of rotatable bonds is 3. The van der Waals surface area contributed by atoms with E-state index < -0.39 is 0 Å². The molecular weight excluding hydrogens is 210 g/mol. The second kappa shape index (κ2) is 4.95. The third-order valence-corrected chi connectivity index (χ3v) is 2.78. The van der Waals surface area contributed by atoms with Gasteiger partial charge in [0.1, 0.15) is 5.82 Å². The quantitative estimate of drug-likeness (QED) is 0.874. The highest BCUT2D eigenvalue weighted by atomic mass is 15.2. The molecule has 0 aliphatic rings. The van der Waals surface area contributed by atoms with Crippen molar-refractivity contribution < 1.29 is 0 Å². The molecule has 0 bridgehead atoms. The van der Waals surface area contributed by atoms with Crippen LogP contribution in [0.5, 0.6) is 0 Å². The van der Waals surface area contributed by atoms with E-state index in [1.54, 1.807) is 0 Å². The van der Waals surface area contributed by atoms with E-state index in [1.165, 1.54) is 5.56 Å². The Bertz CT molecular complexity index is 489. The average molecular weight is 227 g/mol. The number of nitrogens with one attached hydrogen (secondary N) is 1. The lowest BCUT2D eigenvalue weighted by atomic mass is 9.95. The zero-order valence-corrected chi connectivity index (χ0v) is 10.4. The predicted molar refractivity (Wildman–Crippen MR) is 71.1 cm³/mol. The van der Waals surface area contributed by atoms with Gasteiger partial charge in [-0.15, -0.1) is 10.2 Å². The zero-order chi connectivity index (χ0) is 12.3. The molecular formula is C14H17N3. The Kier molecular flexibility index (Phi) is 3.38. The first-order valence-electron chi connectivity index (χ1n) is 5.83. The van der Waals surface area contributed by atoms with Crippen LogP contribution in [-0.2, 0) is 0 Å². The molecule has 3 nitrogen and oxygen atoms in total. The molecule has 0 aliphatic heterocycles. The minimum atomic E-state index is 0.483. The molecule has 1 aromatic heterocycles. The molecule has 2 rings (SSSR count). The van der Waals surface area contributed by atoms with Gasteiger partial charge in [-0.05, 0) is 23.6 Å². The summed E-state index contributed by atoms with van der Waals surface area (Å²) >= 11 is 0. The van der Waals surface area contributed by atoms with E-state index in [1.807, 2.05) is 25.2 Å². The first kappa shape index (κ1) is 11.6. The molecule has 0 spiro atoms. The molecule has 3 heteroatoms. The lowest BCUT2D eigenvalue weighted by Gasteiger charge is -2.11. The minimum Gasteiger partial charge on any atom is -0.372 e. The van der Waals surface area contributed by atoms with Crippen molar-refractivity contribution in [2.24, 2.45) is 0 Å². The van der Waals surface area contributed by atoms with Crippen LogP contribution in [0.1, 0.15) is 25.3 Å². The van der Waals surface area contributed by atoms with Crippen LogP contribution in [0.3, 0.4) is 0 Å². The molecule has 88 valence electrons. The van der Waals surface area contributed by atoms with Gasteiger partial charge in [-0.3, -0.25) is 0 Å². The molecule has 0 saturated heterocycles. The van der Waals surface area contributed by atoms with Crippen molar-refractivity contribution in [2.75, 3.05) is 12.4 Å². The number of benzene rings is 1. The Hall–Kier alpha value is -1.90. The van der Waals surface area contributed by atoms with E-state index in [4.69, 9.17) is 0 Å². The van der Waals surface area contributed by atoms with Crippen molar-refractivity contribution in [3.05, 3.63) is 42.0 Å². The average Bonchev–Trinajstić information content (AvgIpc) is 2.39. The summed E-state index contributed by atoms with van der Waals surface area (Å²) in [6, 6.07) is 12.3. The molecule has 0 saturated carbocycles. The highest BCUT2D eigenvalue weighted by Crippen LogP contribution is 2.27. The third kappa shape index (κ3) is 2.44. The summed E-state index contributed by atoms with van der Waals surface area (Å²) in [5, 5.41) is 11.3. The van der Waals surface area contributed by atoms with Crippen LogP contribution in [0.2, 0.25) is 0 Å². The largest absolute Gasteiger partial charge is 0.372 e. The molecule has 1 heterocycles. The molecule has 2 aromatic rings. The Balaban J connectivity index is 2.45. The second-order valence-corrected chi connectivity index (χ2v) is 4.30. The Morgan fingerprint density at radius 2 is 1.76 bits per heavy atom. The molecule has 17 heavy (non-hydrogen) atoms. The maximum Gasteiger partial charge on any atom is 0.148 e. The zero-order valence-electron chi connectivity index (χ0n) is 10.4. The summed E-state index contributed by atoms with van der Waals surface area (Å²) in [5.41, 5.74) is 3.39. The number of hydrogen-bond donors (Lipinski definition) is 1. The molecule has 0 unspecified atom stereocenters. The summed E-state index contributed by atoms with van der Waals surface area (Å²) in [7, 11) is 1.84. The number of hydrogen-bond acceptors (Lipinski definition) is 3. The van der Waals surface area contributed by atoms with Crippen LogP contribution >= 0.6 is 0 Å². The van der Waals surface area contributed by atoms with Crippen LogP contribution in [0.25, 0.3) is 11.3 Å². The van der Waals surface area contributed by atoms with E-state index in [0.29, 0.717) is 5.92 Å². The van der Waals surface area contributed by atoms with E-state index in [2.05, 4.69) is 47.6 Å². The molecule has 0 aliphatic carbocycles. The molecule has 0 radical (unpaired) electrons. The second-order valence-electron chi connectivity index (χ2n) is 4.30. The fourth-order valence-corrected chi connectivity index (χ4v) is 1.84. The molecule has 0 amide bonds. The van der Waals surface area contributed by atoms with Crippen molar-refractivity contribution in [2.45, 2.75) is 19.8 Å². The SMILES string of the molecule is CNc1ccc(-c2ccccc2C(C)C)nn1. The van der Waals surface area contributed by atoms with Crippen LogP contribution in [0.4, 0.5) is 5.82 Å². The Morgan fingerprint density at radius 1 is 1.00 bits per heavy atom. The number of aromatic nitrogens is 2. The molecule has 1 aromatic carbocycles. The third-order valence-electron chi connectivity index (χ3n) is 2.78. The van der Waals surface area contributed by atoms with Gasteiger partial charge < -0.3 is 5.32 Å².